The number of ether oxygens (including phenoxy) is 3. The number of hydrogen-bond donors (Lipinski definition) is 3. The number of benzene rings is 1. The largest absolute Gasteiger partial charge is 0.493 e. The molecule has 0 radical (unpaired) electrons. The Balaban J connectivity index is 1.88. The Bertz CT molecular complexity index is 632. The van der Waals surface area contributed by atoms with Crippen molar-refractivity contribution in [1.82, 2.24) is 10.6 Å². The molecule has 8 nitrogen and oxygen atoms in total. The highest BCUT2D eigenvalue weighted by molar-refractivity contribution is 5.81. The Morgan fingerprint density at radius 1 is 1.26 bits per heavy atom. The number of hydrogen-bond acceptors (Lipinski definition) is 6. The van der Waals surface area contributed by atoms with Crippen molar-refractivity contribution in [2.45, 2.75) is 32.4 Å². The zero-order valence-electron chi connectivity index (χ0n) is 16.0. The van der Waals surface area contributed by atoms with Gasteiger partial charge in [-0.2, -0.15) is 0 Å². The van der Waals surface area contributed by atoms with Crippen LogP contribution in [-0.4, -0.2) is 51.3 Å². The molecule has 4 N–H and O–H groups in total. The number of likely N-dealkylation sites (N-methyl/N-ethyl adjacent to an activating group) is 1. The van der Waals surface area contributed by atoms with Gasteiger partial charge in [-0.25, -0.2) is 0 Å². The summed E-state index contributed by atoms with van der Waals surface area (Å²) in [6.45, 7) is 3.95. The minimum atomic E-state index is -0.532. The van der Waals surface area contributed by atoms with Crippen LogP contribution in [0.3, 0.4) is 0 Å². The van der Waals surface area contributed by atoms with Crippen molar-refractivity contribution in [1.29, 1.82) is 0 Å². The molecule has 1 heterocycles. The van der Waals surface area contributed by atoms with E-state index in [1.807, 2.05) is 13.0 Å². The number of nitrogens with two attached hydrogens (primary N) is 1. The van der Waals surface area contributed by atoms with E-state index in [1.54, 1.807) is 12.1 Å². The lowest BCUT2D eigenvalue weighted by molar-refractivity contribution is -0.124. The van der Waals surface area contributed by atoms with Crippen molar-refractivity contribution < 1.29 is 23.8 Å². The van der Waals surface area contributed by atoms with Gasteiger partial charge >= 0.3 is 0 Å². The predicted octanol–water partition coefficient (Wildman–Crippen LogP) is 0.580. The van der Waals surface area contributed by atoms with Crippen LogP contribution in [0.5, 0.6) is 11.5 Å². The summed E-state index contributed by atoms with van der Waals surface area (Å²) in [5, 5.41) is 5.53. The Morgan fingerprint density at radius 3 is 2.67 bits per heavy atom. The van der Waals surface area contributed by atoms with Crippen LogP contribution in [0.15, 0.2) is 18.2 Å². The van der Waals surface area contributed by atoms with Crippen LogP contribution in [-0.2, 0) is 20.9 Å². The van der Waals surface area contributed by atoms with E-state index >= 15 is 0 Å². The number of carbonyl (C=O) groups is 2. The van der Waals surface area contributed by atoms with Crippen LogP contribution in [0.25, 0.3) is 0 Å². The summed E-state index contributed by atoms with van der Waals surface area (Å²) in [6, 6.07) is 4.77. The van der Waals surface area contributed by atoms with Gasteiger partial charge in [-0.1, -0.05) is 6.07 Å². The zero-order valence-corrected chi connectivity index (χ0v) is 16.0. The fourth-order valence-electron chi connectivity index (χ4n) is 2.93. The molecule has 1 aliphatic rings. The molecule has 0 spiro atoms. The lowest BCUT2D eigenvalue weighted by Gasteiger charge is -2.26. The van der Waals surface area contributed by atoms with Crippen molar-refractivity contribution in [3.05, 3.63) is 23.8 Å². The molecule has 0 aromatic heterocycles. The van der Waals surface area contributed by atoms with Gasteiger partial charge in [0, 0.05) is 26.3 Å². The highest BCUT2D eigenvalue weighted by Crippen LogP contribution is 2.28. The SMILES string of the molecule is CCNC(=O)COc1ccc(CNC(=O)C(N)C2CCOCC2)cc1OC. The van der Waals surface area contributed by atoms with Gasteiger partial charge in [0.25, 0.3) is 5.91 Å². The summed E-state index contributed by atoms with van der Waals surface area (Å²) in [6.07, 6.45) is 1.61. The van der Waals surface area contributed by atoms with Gasteiger partial charge in [0.2, 0.25) is 5.91 Å². The van der Waals surface area contributed by atoms with E-state index < -0.39 is 6.04 Å². The number of rotatable bonds is 9. The maximum atomic E-state index is 12.3. The molecule has 2 amide bonds. The number of carbonyl (C=O) groups excluding carboxylic acids is 2. The van der Waals surface area contributed by atoms with Crippen molar-refractivity contribution >= 4 is 11.8 Å². The minimum absolute atomic E-state index is 0.0831. The van der Waals surface area contributed by atoms with Crippen LogP contribution in [0.4, 0.5) is 0 Å². The average Bonchev–Trinajstić information content (AvgIpc) is 2.71. The predicted molar refractivity (Wildman–Crippen MR) is 101 cm³/mol. The van der Waals surface area contributed by atoms with E-state index in [1.165, 1.54) is 7.11 Å². The third kappa shape index (κ3) is 6.41. The molecular weight excluding hydrogens is 350 g/mol. The fourth-order valence-corrected chi connectivity index (χ4v) is 2.93. The minimum Gasteiger partial charge on any atom is -0.493 e. The standard InChI is InChI=1S/C19H29N3O5/c1-3-21-17(23)12-27-15-5-4-13(10-16(15)25-2)11-22-19(24)18(20)14-6-8-26-9-7-14/h4-5,10,14,18H,3,6-9,11-12,20H2,1-2H3,(H,21,23)(H,22,24). The lowest BCUT2D eigenvalue weighted by Crippen LogP contribution is -2.46. The van der Waals surface area contributed by atoms with Crippen molar-refractivity contribution in [3.8, 4) is 11.5 Å². The van der Waals surface area contributed by atoms with Gasteiger partial charge in [0.05, 0.1) is 13.2 Å². The third-order valence-corrected chi connectivity index (χ3v) is 4.50. The van der Waals surface area contributed by atoms with Crippen LogP contribution in [0, 0.1) is 5.92 Å². The Kier molecular flexibility index (Phi) is 8.35. The van der Waals surface area contributed by atoms with Crippen molar-refractivity contribution in [2.24, 2.45) is 11.7 Å². The zero-order chi connectivity index (χ0) is 19.6. The first-order valence-electron chi connectivity index (χ1n) is 9.22. The molecule has 1 fully saturated rings. The van der Waals surface area contributed by atoms with Crippen LogP contribution < -0.4 is 25.8 Å². The second-order valence-electron chi connectivity index (χ2n) is 6.42. The van der Waals surface area contributed by atoms with Gasteiger partial charge in [-0.3, -0.25) is 9.59 Å². The average molecular weight is 379 g/mol. The summed E-state index contributed by atoms with van der Waals surface area (Å²) in [5.41, 5.74) is 6.93. The first-order chi connectivity index (χ1) is 13.0. The summed E-state index contributed by atoms with van der Waals surface area (Å²) in [7, 11) is 1.53. The van der Waals surface area contributed by atoms with Crippen LogP contribution in [0.1, 0.15) is 25.3 Å². The van der Waals surface area contributed by atoms with E-state index in [2.05, 4.69) is 10.6 Å². The van der Waals surface area contributed by atoms with Gasteiger partial charge in [0.1, 0.15) is 0 Å². The highest BCUT2D eigenvalue weighted by Gasteiger charge is 2.26. The van der Waals surface area contributed by atoms with Crippen molar-refractivity contribution in [2.75, 3.05) is 33.5 Å². The first-order valence-corrected chi connectivity index (χ1v) is 9.22. The molecule has 1 aliphatic heterocycles. The van der Waals surface area contributed by atoms with E-state index in [0.717, 1.165) is 18.4 Å². The topological polar surface area (TPSA) is 112 Å². The smallest absolute Gasteiger partial charge is 0.257 e. The molecule has 0 saturated carbocycles. The fraction of sp³-hybridized carbons (Fsp3) is 0.579. The lowest BCUT2D eigenvalue weighted by atomic mass is 9.92. The summed E-state index contributed by atoms with van der Waals surface area (Å²) >= 11 is 0. The van der Waals surface area contributed by atoms with Gasteiger partial charge in [-0.05, 0) is 43.4 Å². The van der Waals surface area contributed by atoms with E-state index in [9.17, 15) is 9.59 Å². The Hall–Kier alpha value is -2.32. The number of nitrogens with one attached hydrogen (secondary N) is 2. The molecule has 0 aliphatic carbocycles. The highest BCUT2D eigenvalue weighted by atomic mass is 16.5. The van der Waals surface area contributed by atoms with Crippen molar-refractivity contribution in [3.63, 3.8) is 0 Å². The van der Waals surface area contributed by atoms with Crippen LogP contribution in [0.2, 0.25) is 0 Å². The molecule has 1 saturated heterocycles. The van der Waals surface area contributed by atoms with Gasteiger partial charge in [0.15, 0.2) is 18.1 Å². The van der Waals surface area contributed by atoms with Gasteiger partial charge in [-0.15, -0.1) is 0 Å². The van der Waals surface area contributed by atoms with E-state index in [4.69, 9.17) is 19.9 Å². The molecule has 1 aromatic rings. The maximum absolute atomic E-state index is 12.3. The second-order valence-corrected chi connectivity index (χ2v) is 6.42. The third-order valence-electron chi connectivity index (χ3n) is 4.50. The Morgan fingerprint density at radius 2 is 2.00 bits per heavy atom. The second kappa shape index (κ2) is 10.7. The maximum Gasteiger partial charge on any atom is 0.257 e. The molecule has 8 heteroatoms. The van der Waals surface area contributed by atoms with E-state index in [0.29, 0.717) is 37.8 Å². The molecule has 1 unspecified atom stereocenters. The summed E-state index contributed by atoms with van der Waals surface area (Å²) in [5.74, 6) is 0.756. The molecule has 2 rings (SSSR count). The molecule has 150 valence electrons. The molecule has 1 atom stereocenters. The quantitative estimate of drug-likeness (QED) is 0.579. The van der Waals surface area contributed by atoms with Crippen LogP contribution >= 0.6 is 0 Å². The van der Waals surface area contributed by atoms with Gasteiger partial charge < -0.3 is 30.6 Å². The monoisotopic (exact) mass is 379 g/mol. The summed E-state index contributed by atoms with van der Waals surface area (Å²) < 4.78 is 16.1. The first kappa shape index (κ1) is 21.0. The van der Waals surface area contributed by atoms with E-state index in [-0.39, 0.29) is 24.3 Å². The number of methoxy groups -OCH3 is 1. The molecule has 0 bridgehead atoms. The Labute approximate surface area is 159 Å². The number of amides is 2. The molecular formula is C19H29N3O5. The normalized spacial score (nSPS) is 15.7. The molecule has 1 aromatic carbocycles. The summed E-state index contributed by atoms with van der Waals surface area (Å²) in [4.78, 5) is 23.8. The molecule has 27 heavy (non-hydrogen) atoms.